The fourth-order valence-corrected chi connectivity index (χ4v) is 2.63. The van der Waals surface area contributed by atoms with Crippen LogP contribution in [0.2, 0.25) is 5.02 Å². The minimum absolute atomic E-state index is 0.160. The summed E-state index contributed by atoms with van der Waals surface area (Å²) in [5, 5.41) is 3.02. The Kier molecular flexibility index (Phi) is 7.37. The van der Waals surface area contributed by atoms with Crippen molar-refractivity contribution < 1.29 is 19.1 Å². The van der Waals surface area contributed by atoms with Gasteiger partial charge in [0.1, 0.15) is 0 Å². The van der Waals surface area contributed by atoms with Gasteiger partial charge in [-0.25, -0.2) is 4.79 Å². The molecule has 142 valence electrons. The maximum absolute atomic E-state index is 12.1. The van der Waals surface area contributed by atoms with E-state index in [0.717, 1.165) is 12.0 Å². The van der Waals surface area contributed by atoms with Gasteiger partial charge in [-0.05, 0) is 29.7 Å². The van der Waals surface area contributed by atoms with Crippen molar-refractivity contribution in [3.8, 4) is 0 Å². The number of esters is 1. The first kappa shape index (κ1) is 20.5. The number of nitrogens with two attached hydrogens (primary N) is 1. The van der Waals surface area contributed by atoms with Gasteiger partial charge in [-0.1, -0.05) is 54.9 Å². The number of aryl methyl sites for hydroxylation is 1. The second kappa shape index (κ2) is 9.73. The van der Waals surface area contributed by atoms with Crippen molar-refractivity contribution in [3.05, 3.63) is 70.2 Å². The summed E-state index contributed by atoms with van der Waals surface area (Å²) >= 11 is 5.85. The van der Waals surface area contributed by atoms with E-state index in [-0.39, 0.29) is 18.8 Å². The third kappa shape index (κ3) is 6.42. The van der Waals surface area contributed by atoms with Crippen molar-refractivity contribution in [2.75, 3.05) is 6.61 Å². The molecule has 0 fully saturated rings. The molecule has 0 aromatic heterocycles. The Bertz CT molecular complexity index is 804. The predicted octanol–water partition coefficient (Wildman–Crippen LogP) is 3.43. The van der Waals surface area contributed by atoms with E-state index in [9.17, 15) is 14.4 Å². The van der Waals surface area contributed by atoms with Gasteiger partial charge in [-0.2, -0.15) is 0 Å². The van der Waals surface area contributed by atoms with Crippen LogP contribution in [0, 0.1) is 0 Å². The Morgan fingerprint density at radius 2 is 1.70 bits per heavy atom. The van der Waals surface area contributed by atoms with Crippen LogP contribution in [0.15, 0.2) is 48.5 Å². The normalized spacial score (nSPS) is 11.5. The molecule has 2 rings (SSSR count). The Hall–Kier alpha value is -2.86. The Balaban J connectivity index is 1.95. The van der Waals surface area contributed by atoms with Gasteiger partial charge in [-0.15, -0.1) is 0 Å². The lowest BCUT2D eigenvalue weighted by molar-refractivity contribution is -0.143. The molecule has 0 saturated heterocycles. The van der Waals surface area contributed by atoms with E-state index in [1.165, 1.54) is 0 Å². The molecular formula is C20H21ClN2O4. The number of nitrogens with one attached hydrogen (secondary N) is 1. The second-order valence-corrected chi connectivity index (χ2v) is 6.39. The SMILES string of the molecule is CCc1ccc(C(=O)COC(=O)C[C@H](NC(N)=O)c2ccc(Cl)cc2)cc1. The number of urea groups is 1. The summed E-state index contributed by atoms with van der Waals surface area (Å²) in [6.45, 7) is 1.66. The number of hydrogen-bond acceptors (Lipinski definition) is 4. The third-order valence-electron chi connectivity index (χ3n) is 4.01. The quantitative estimate of drug-likeness (QED) is 0.534. The van der Waals surface area contributed by atoms with Crippen LogP contribution in [0.25, 0.3) is 0 Å². The molecule has 0 aliphatic carbocycles. The molecule has 0 unspecified atom stereocenters. The maximum Gasteiger partial charge on any atom is 0.312 e. The summed E-state index contributed by atoms with van der Waals surface area (Å²) in [6, 6.07) is 12.3. The van der Waals surface area contributed by atoms with Crippen LogP contribution in [0.3, 0.4) is 0 Å². The number of benzene rings is 2. The van der Waals surface area contributed by atoms with E-state index in [1.54, 1.807) is 36.4 Å². The topological polar surface area (TPSA) is 98.5 Å². The monoisotopic (exact) mass is 388 g/mol. The molecule has 0 heterocycles. The van der Waals surface area contributed by atoms with Crippen LogP contribution in [0.4, 0.5) is 4.79 Å². The Morgan fingerprint density at radius 1 is 1.07 bits per heavy atom. The van der Waals surface area contributed by atoms with Gasteiger partial charge in [0.25, 0.3) is 0 Å². The zero-order chi connectivity index (χ0) is 19.8. The second-order valence-electron chi connectivity index (χ2n) is 5.95. The highest BCUT2D eigenvalue weighted by Crippen LogP contribution is 2.20. The molecule has 2 aromatic carbocycles. The van der Waals surface area contributed by atoms with Crippen molar-refractivity contribution in [2.24, 2.45) is 5.73 Å². The largest absolute Gasteiger partial charge is 0.457 e. The first-order valence-corrected chi connectivity index (χ1v) is 8.86. The predicted molar refractivity (Wildman–Crippen MR) is 103 cm³/mol. The Morgan fingerprint density at radius 3 is 2.26 bits per heavy atom. The van der Waals surface area contributed by atoms with Gasteiger partial charge < -0.3 is 15.8 Å². The van der Waals surface area contributed by atoms with Crippen LogP contribution in [-0.4, -0.2) is 24.4 Å². The average molecular weight is 389 g/mol. The summed E-state index contributed by atoms with van der Waals surface area (Å²) in [6.07, 6.45) is 0.717. The zero-order valence-electron chi connectivity index (χ0n) is 14.9. The summed E-state index contributed by atoms with van der Waals surface area (Å²) in [5.41, 5.74) is 7.42. The summed E-state index contributed by atoms with van der Waals surface area (Å²) in [4.78, 5) is 35.5. The van der Waals surface area contributed by atoms with E-state index < -0.39 is 18.0 Å². The number of carbonyl (C=O) groups excluding carboxylic acids is 3. The standard InChI is InChI=1S/C20H21ClN2O4/c1-2-13-3-5-15(6-4-13)18(24)12-27-19(25)11-17(23-20(22)26)14-7-9-16(21)10-8-14/h3-10,17H,2,11-12H2,1H3,(H3,22,23,26)/t17-/m0/s1. The first-order chi connectivity index (χ1) is 12.9. The average Bonchev–Trinajstić information content (AvgIpc) is 2.66. The van der Waals surface area contributed by atoms with Gasteiger partial charge in [0.05, 0.1) is 12.5 Å². The number of Topliss-reactive ketones (excluding diaryl/α,β-unsaturated/α-hetero) is 1. The van der Waals surface area contributed by atoms with Crippen LogP contribution >= 0.6 is 11.6 Å². The van der Waals surface area contributed by atoms with Crippen LogP contribution in [0.5, 0.6) is 0 Å². The smallest absolute Gasteiger partial charge is 0.312 e. The number of amides is 2. The molecule has 0 bridgehead atoms. The zero-order valence-corrected chi connectivity index (χ0v) is 15.7. The minimum atomic E-state index is -0.769. The number of ether oxygens (including phenoxy) is 1. The number of rotatable bonds is 8. The number of halogens is 1. The minimum Gasteiger partial charge on any atom is -0.457 e. The highest BCUT2D eigenvalue weighted by molar-refractivity contribution is 6.30. The highest BCUT2D eigenvalue weighted by atomic mass is 35.5. The third-order valence-corrected chi connectivity index (χ3v) is 4.26. The van der Waals surface area contributed by atoms with Crippen LogP contribution in [0.1, 0.15) is 40.9 Å². The van der Waals surface area contributed by atoms with Gasteiger partial charge in [0.15, 0.2) is 12.4 Å². The van der Waals surface area contributed by atoms with Crippen molar-refractivity contribution in [3.63, 3.8) is 0 Å². The number of carbonyl (C=O) groups is 3. The van der Waals surface area contributed by atoms with E-state index in [4.69, 9.17) is 22.1 Å². The summed E-state index contributed by atoms with van der Waals surface area (Å²) in [7, 11) is 0. The molecule has 0 saturated carbocycles. The van der Waals surface area contributed by atoms with E-state index in [0.29, 0.717) is 16.1 Å². The lowest BCUT2D eigenvalue weighted by Gasteiger charge is -2.17. The highest BCUT2D eigenvalue weighted by Gasteiger charge is 2.19. The molecule has 0 radical (unpaired) electrons. The van der Waals surface area contributed by atoms with E-state index in [1.807, 2.05) is 19.1 Å². The molecule has 0 aliphatic rings. The van der Waals surface area contributed by atoms with Crippen LogP contribution < -0.4 is 11.1 Å². The molecule has 7 heteroatoms. The molecule has 6 nitrogen and oxygen atoms in total. The molecule has 2 aromatic rings. The molecule has 0 aliphatic heterocycles. The fraction of sp³-hybridized carbons (Fsp3) is 0.250. The van der Waals surface area contributed by atoms with Crippen molar-refractivity contribution in [1.82, 2.24) is 5.32 Å². The van der Waals surface area contributed by atoms with E-state index >= 15 is 0 Å². The lowest BCUT2D eigenvalue weighted by Crippen LogP contribution is -2.34. The molecular weight excluding hydrogens is 368 g/mol. The van der Waals surface area contributed by atoms with Gasteiger partial charge in [-0.3, -0.25) is 9.59 Å². The van der Waals surface area contributed by atoms with Gasteiger partial charge in [0.2, 0.25) is 0 Å². The van der Waals surface area contributed by atoms with Crippen LogP contribution in [-0.2, 0) is 16.0 Å². The number of ketones is 1. The number of hydrogen-bond donors (Lipinski definition) is 2. The molecule has 1 atom stereocenters. The lowest BCUT2D eigenvalue weighted by atomic mass is 10.0. The first-order valence-electron chi connectivity index (χ1n) is 8.48. The fourth-order valence-electron chi connectivity index (χ4n) is 2.50. The molecule has 2 amide bonds. The number of primary amides is 1. The summed E-state index contributed by atoms with van der Waals surface area (Å²) < 4.78 is 5.07. The molecule has 27 heavy (non-hydrogen) atoms. The maximum atomic E-state index is 12.1. The van der Waals surface area contributed by atoms with Gasteiger partial charge in [0, 0.05) is 10.6 Å². The van der Waals surface area contributed by atoms with Gasteiger partial charge >= 0.3 is 12.0 Å². The Labute approximate surface area is 162 Å². The molecule has 0 spiro atoms. The van der Waals surface area contributed by atoms with Crippen molar-refractivity contribution in [1.29, 1.82) is 0 Å². The van der Waals surface area contributed by atoms with E-state index in [2.05, 4.69) is 5.32 Å². The summed E-state index contributed by atoms with van der Waals surface area (Å²) in [5.74, 6) is -0.917. The van der Waals surface area contributed by atoms with Crippen molar-refractivity contribution >= 4 is 29.4 Å². The van der Waals surface area contributed by atoms with Crippen molar-refractivity contribution in [2.45, 2.75) is 25.8 Å². The molecule has 3 N–H and O–H groups in total.